The molecule has 0 atom stereocenters. The molecule has 3 nitrogen and oxygen atoms in total. The van der Waals surface area contributed by atoms with Crippen molar-refractivity contribution in [2.45, 2.75) is 25.4 Å². The van der Waals surface area contributed by atoms with Crippen molar-refractivity contribution in [3.63, 3.8) is 0 Å². The summed E-state index contributed by atoms with van der Waals surface area (Å²) >= 11 is 1.54. The van der Waals surface area contributed by atoms with Crippen LogP contribution in [0.5, 0.6) is 0 Å². The molecule has 0 amide bonds. The summed E-state index contributed by atoms with van der Waals surface area (Å²) in [7, 11) is 0. The summed E-state index contributed by atoms with van der Waals surface area (Å²) in [6, 6.07) is 3.84. The molecule has 0 aliphatic heterocycles. The highest BCUT2D eigenvalue weighted by atomic mass is 32.1. The van der Waals surface area contributed by atoms with Crippen LogP contribution >= 0.6 is 11.3 Å². The first kappa shape index (κ1) is 9.68. The first-order valence-corrected chi connectivity index (χ1v) is 5.35. The molecule has 0 radical (unpaired) electrons. The number of hydrogen-bond donors (Lipinski definition) is 2. The molecule has 1 aliphatic rings. The predicted octanol–water partition coefficient (Wildman–Crippen LogP) is 1.74. The Morgan fingerprint density at radius 1 is 1.57 bits per heavy atom. The monoisotopic (exact) mass is 212 g/mol. The molecular weight excluding hydrogens is 200 g/mol. The second kappa shape index (κ2) is 3.07. The lowest BCUT2D eigenvalue weighted by Gasteiger charge is -2.40. The second-order valence-corrected chi connectivity index (χ2v) is 5.17. The van der Waals surface area contributed by atoms with Gasteiger partial charge in [0.25, 0.3) is 0 Å². The van der Waals surface area contributed by atoms with Crippen molar-refractivity contribution < 1.29 is 15.0 Å². The number of aliphatic carboxylic acids is 1. The van der Waals surface area contributed by atoms with Gasteiger partial charge in [0, 0.05) is 9.75 Å². The van der Waals surface area contributed by atoms with E-state index in [0.717, 1.165) is 9.75 Å². The van der Waals surface area contributed by atoms with Crippen molar-refractivity contribution in [2.75, 3.05) is 0 Å². The van der Waals surface area contributed by atoms with Crippen LogP contribution in [0, 0.1) is 12.8 Å². The van der Waals surface area contributed by atoms with Crippen LogP contribution in [-0.2, 0) is 10.4 Å². The van der Waals surface area contributed by atoms with Gasteiger partial charge < -0.3 is 10.2 Å². The number of thiophene rings is 1. The molecule has 0 bridgehead atoms. The zero-order valence-corrected chi connectivity index (χ0v) is 8.67. The highest BCUT2D eigenvalue weighted by Gasteiger charge is 2.48. The van der Waals surface area contributed by atoms with E-state index in [1.165, 1.54) is 0 Å². The lowest BCUT2D eigenvalue weighted by molar-refractivity contribution is -0.159. The summed E-state index contributed by atoms with van der Waals surface area (Å²) in [5.74, 6) is -1.18. The third-order valence-electron chi connectivity index (χ3n) is 2.72. The maximum atomic E-state index is 10.6. The van der Waals surface area contributed by atoms with Gasteiger partial charge in [0.05, 0.1) is 5.92 Å². The minimum Gasteiger partial charge on any atom is -0.481 e. The van der Waals surface area contributed by atoms with Gasteiger partial charge in [-0.05, 0) is 31.9 Å². The van der Waals surface area contributed by atoms with E-state index < -0.39 is 11.6 Å². The molecule has 2 N–H and O–H groups in total. The van der Waals surface area contributed by atoms with Crippen molar-refractivity contribution in [3.05, 3.63) is 21.9 Å². The Labute approximate surface area is 86.0 Å². The largest absolute Gasteiger partial charge is 0.481 e. The van der Waals surface area contributed by atoms with Crippen molar-refractivity contribution in [3.8, 4) is 0 Å². The van der Waals surface area contributed by atoms with Crippen LogP contribution in [-0.4, -0.2) is 16.2 Å². The SMILES string of the molecule is Cc1ccc(C2(O)CC(C(=O)O)C2)s1. The van der Waals surface area contributed by atoms with Gasteiger partial charge in [0.15, 0.2) is 0 Å². The van der Waals surface area contributed by atoms with Crippen LogP contribution in [0.25, 0.3) is 0 Å². The lowest BCUT2D eigenvalue weighted by Crippen LogP contribution is -2.43. The molecule has 1 fully saturated rings. The number of carboxylic acids is 1. The van der Waals surface area contributed by atoms with E-state index in [-0.39, 0.29) is 5.92 Å². The fraction of sp³-hybridized carbons (Fsp3) is 0.500. The number of aliphatic hydroxyl groups is 1. The molecule has 1 heterocycles. The smallest absolute Gasteiger partial charge is 0.306 e. The Hall–Kier alpha value is -0.870. The second-order valence-electron chi connectivity index (χ2n) is 3.89. The Morgan fingerprint density at radius 2 is 2.21 bits per heavy atom. The van der Waals surface area contributed by atoms with E-state index in [9.17, 15) is 9.90 Å². The molecule has 76 valence electrons. The molecule has 1 aromatic heterocycles. The van der Waals surface area contributed by atoms with Gasteiger partial charge in [-0.2, -0.15) is 0 Å². The Balaban J connectivity index is 2.11. The molecule has 1 aromatic rings. The maximum Gasteiger partial charge on any atom is 0.306 e. The summed E-state index contributed by atoms with van der Waals surface area (Å²) < 4.78 is 0. The first-order valence-electron chi connectivity index (χ1n) is 4.53. The Morgan fingerprint density at radius 3 is 2.64 bits per heavy atom. The van der Waals surface area contributed by atoms with Crippen LogP contribution < -0.4 is 0 Å². The van der Waals surface area contributed by atoms with Gasteiger partial charge in [-0.15, -0.1) is 11.3 Å². The molecule has 0 saturated heterocycles. The number of carbonyl (C=O) groups is 1. The van der Waals surface area contributed by atoms with E-state index >= 15 is 0 Å². The van der Waals surface area contributed by atoms with Gasteiger partial charge >= 0.3 is 5.97 Å². The minimum absolute atomic E-state index is 0.349. The number of aryl methyl sites for hydroxylation is 1. The topological polar surface area (TPSA) is 57.5 Å². The highest BCUT2D eigenvalue weighted by molar-refractivity contribution is 7.12. The van der Waals surface area contributed by atoms with Gasteiger partial charge in [0.2, 0.25) is 0 Å². The summed E-state index contributed by atoms with van der Waals surface area (Å²) in [5.41, 5.74) is -0.873. The van der Waals surface area contributed by atoms with E-state index in [1.54, 1.807) is 11.3 Å². The van der Waals surface area contributed by atoms with Crippen molar-refractivity contribution >= 4 is 17.3 Å². The van der Waals surface area contributed by atoms with Crippen molar-refractivity contribution in [1.82, 2.24) is 0 Å². The first-order chi connectivity index (χ1) is 6.51. The van der Waals surface area contributed by atoms with Crippen molar-refractivity contribution in [1.29, 1.82) is 0 Å². The van der Waals surface area contributed by atoms with Gasteiger partial charge in [-0.1, -0.05) is 0 Å². The van der Waals surface area contributed by atoms with Crippen LogP contribution in [0.3, 0.4) is 0 Å². The summed E-state index contributed by atoms with van der Waals surface area (Å²) in [6.07, 6.45) is 0.699. The molecule has 0 aromatic carbocycles. The highest BCUT2D eigenvalue weighted by Crippen LogP contribution is 2.47. The molecule has 14 heavy (non-hydrogen) atoms. The Bertz CT molecular complexity index is 363. The molecule has 1 saturated carbocycles. The number of carboxylic acid groups (broad SMARTS) is 1. The normalized spacial score (nSPS) is 31.1. The van der Waals surface area contributed by atoms with Gasteiger partial charge in [-0.25, -0.2) is 0 Å². The molecule has 0 spiro atoms. The van der Waals surface area contributed by atoms with Crippen LogP contribution in [0.1, 0.15) is 22.6 Å². The average molecular weight is 212 g/mol. The molecule has 0 unspecified atom stereocenters. The average Bonchev–Trinajstić information content (AvgIpc) is 2.45. The predicted molar refractivity (Wildman–Crippen MR) is 53.3 cm³/mol. The number of hydrogen-bond acceptors (Lipinski definition) is 3. The van der Waals surface area contributed by atoms with Gasteiger partial charge in [0.1, 0.15) is 5.60 Å². The third kappa shape index (κ3) is 1.44. The molecule has 4 heteroatoms. The minimum atomic E-state index is -0.873. The molecular formula is C10H12O3S. The maximum absolute atomic E-state index is 10.6. The van der Waals surface area contributed by atoms with Crippen LogP contribution in [0.2, 0.25) is 0 Å². The summed E-state index contributed by atoms with van der Waals surface area (Å²) in [6.45, 7) is 1.98. The fourth-order valence-corrected chi connectivity index (χ4v) is 2.79. The van der Waals surface area contributed by atoms with Crippen LogP contribution in [0.15, 0.2) is 12.1 Å². The van der Waals surface area contributed by atoms with Crippen molar-refractivity contribution in [2.24, 2.45) is 5.92 Å². The van der Waals surface area contributed by atoms with E-state index in [4.69, 9.17) is 5.11 Å². The standard InChI is InChI=1S/C10H12O3S/c1-6-2-3-8(14-6)10(13)4-7(5-10)9(11)12/h2-3,7,13H,4-5H2,1H3,(H,11,12). The Kier molecular flexibility index (Phi) is 2.12. The van der Waals surface area contributed by atoms with Gasteiger partial charge in [-0.3, -0.25) is 4.79 Å². The lowest BCUT2D eigenvalue weighted by atomic mass is 9.70. The zero-order chi connectivity index (χ0) is 10.3. The van der Waals surface area contributed by atoms with E-state index in [2.05, 4.69) is 0 Å². The fourth-order valence-electron chi connectivity index (χ4n) is 1.82. The quantitative estimate of drug-likeness (QED) is 0.785. The molecule has 1 aliphatic carbocycles. The zero-order valence-electron chi connectivity index (χ0n) is 7.86. The third-order valence-corrected chi connectivity index (χ3v) is 3.91. The summed E-state index contributed by atoms with van der Waals surface area (Å²) in [5, 5.41) is 18.8. The number of rotatable bonds is 2. The molecule has 2 rings (SSSR count). The van der Waals surface area contributed by atoms with E-state index in [1.807, 2.05) is 19.1 Å². The summed E-state index contributed by atoms with van der Waals surface area (Å²) in [4.78, 5) is 12.6. The van der Waals surface area contributed by atoms with E-state index in [0.29, 0.717) is 12.8 Å². The van der Waals surface area contributed by atoms with Crippen LogP contribution in [0.4, 0.5) is 0 Å².